The van der Waals surface area contributed by atoms with Crippen LogP contribution in [0.4, 0.5) is 17.2 Å². The third-order valence-corrected chi connectivity index (χ3v) is 4.30. The molecule has 8 heteroatoms. The Hall–Kier alpha value is -3.26. The summed E-state index contributed by atoms with van der Waals surface area (Å²) in [4.78, 5) is 31.0. The number of hydrogen-bond donors (Lipinski definition) is 3. The molecule has 3 N–H and O–H groups in total. The number of aliphatic carboxylic acids is 1. The van der Waals surface area contributed by atoms with Gasteiger partial charge in [0.15, 0.2) is 0 Å². The van der Waals surface area contributed by atoms with Crippen LogP contribution < -0.4 is 10.6 Å². The maximum absolute atomic E-state index is 12.0. The highest BCUT2D eigenvalue weighted by Gasteiger charge is 2.07. The van der Waals surface area contributed by atoms with Crippen molar-refractivity contribution in [2.24, 2.45) is 0 Å². The quantitative estimate of drug-likeness (QED) is 0.467. The van der Waals surface area contributed by atoms with Crippen LogP contribution in [0, 0.1) is 0 Å². The minimum Gasteiger partial charge on any atom is -0.478 e. The third kappa shape index (κ3) is 5.37. The van der Waals surface area contributed by atoms with Crippen molar-refractivity contribution >= 4 is 55.9 Å². The van der Waals surface area contributed by atoms with Crippen molar-refractivity contribution in [3.8, 4) is 0 Å². The third-order valence-electron chi connectivity index (χ3n) is 3.81. The summed E-state index contributed by atoms with van der Waals surface area (Å²) in [5, 5.41) is 15.4. The minimum absolute atomic E-state index is 0.196. The highest BCUT2D eigenvalue weighted by molar-refractivity contribution is 9.10. The van der Waals surface area contributed by atoms with Gasteiger partial charge in [0, 0.05) is 33.7 Å². The number of benzene rings is 2. The van der Waals surface area contributed by atoms with Crippen LogP contribution in [0.15, 0.2) is 65.4 Å². The van der Waals surface area contributed by atoms with Crippen LogP contribution in [0.25, 0.3) is 10.9 Å². The smallest absolute Gasteiger partial charge is 0.327 e. The fourth-order valence-electron chi connectivity index (χ4n) is 2.56. The van der Waals surface area contributed by atoms with E-state index in [1.165, 1.54) is 12.4 Å². The Morgan fingerprint density at radius 3 is 2.75 bits per heavy atom. The van der Waals surface area contributed by atoms with Crippen LogP contribution in [-0.2, 0) is 9.59 Å². The molecule has 0 spiro atoms. The maximum atomic E-state index is 12.0. The summed E-state index contributed by atoms with van der Waals surface area (Å²) in [5.74, 6) is -0.558. The summed E-state index contributed by atoms with van der Waals surface area (Å²) in [6.45, 7) is 0. The number of hydrogen-bond acceptors (Lipinski definition) is 5. The number of anilines is 3. The van der Waals surface area contributed by atoms with E-state index in [0.717, 1.165) is 21.6 Å². The topological polar surface area (TPSA) is 104 Å². The minimum atomic E-state index is -1.03. The zero-order valence-electron chi connectivity index (χ0n) is 14.7. The molecule has 0 saturated heterocycles. The Balaban J connectivity index is 1.72. The molecule has 1 heterocycles. The van der Waals surface area contributed by atoms with Gasteiger partial charge in [-0.25, -0.2) is 14.8 Å². The Kier molecular flexibility index (Phi) is 6.33. The molecule has 0 fully saturated rings. The summed E-state index contributed by atoms with van der Waals surface area (Å²) in [6, 6.07) is 13.1. The zero-order valence-corrected chi connectivity index (χ0v) is 16.3. The normalized spacial score (nSPS) is 10.9. The molecule has 0 aliphatic heterocycles. The van der Waals surface area contributed by atoms with Crippen molar-refractivity contribution in [1.29, 1.82) is 0 Å². The standard InChI is InChI=1S/C20H17BrN4O3/c21-13-4-3-5-14(10-13)25-20-16-9-8-15(11-17(16)22-12-23-20)24-18(26)6-1-2-7-19(27)28/h2-5,7-12H,1,6H2,(H,24,26)(H,27,28)(H,22,23,25). The first kappa shape index (κ1) is 19.5. The molecule has 3 aromatic rings. The van der Waals surface area contributed by atoms with Gasteiger partial charge in [0.05, 0.1) is 5.52 Å². The molecule has 142 valence electrons. The Bertz CT molecular complexity index is 1050. The largest absolute Gasteiger partial charge is 0.478 e. The van der Waals surface area contributed by atoms with Gasteiger partial charge in [-0.1, -0.05) is 28.1 Å². The predicted molar refractivity (Wildman–Crippen MR) is 112 cm³/mol. The first-order chi connectivity index (χ1) is 13.5. The molecule has 7 nitrogen and oxygen atoms in total. The van der Waals surface area contributed by atoms with Gasteiger partial charge in [-0.05, 0) is 42.8 Å². The van der Waals surface area contributed by atoms with Gasteiger partial charge in [0.2, 0.25) is 5.91 Å². The second-order valence-corrected chi connectivity index (χ2v) is 6.83. The molecule has 0 aliphatic carbocycles. The molecule has 0 bridgehead atoms. The van der Waals surface area contributed by atoms with Gasteiger partial charge in [-0.15, -0.1) is 0 Å². The number of rotatable bonds is 7. The van der Waals surface area contributed by atoms with Gasteiger partial charge in [0.1, 0.15) is 12.1 Å². The highest BCUT2D eigenvalue weighted by Crippen LogP contribution is 2.26. The molecule has 0 saturated carbocycles. The maximum Gasteiger partial charge on any atom is 0.327 e. The first-order valence-electron chi connectivity index (χ1n) is 8.48. The second kappa shape index (κ2) is 9.09. The molecule has 0 radical (unpaired) electrons. The first-order valence-corrected chi connectivity index (χ1v) is 9.27. The number of aromatic nitrogens is 2. The van der Waals surface area contributed by atoms with Crippen LogP contribution in [0.3, 0.4) is 0 Å². The summed E-state index contributed by atoms with van der Waals surface area (Å²) >= 11 is 3.44. The van der Waals surface area contributed by atoms with E-state index in [4.69, 9.17) is 5.11 Å². The van der Waals surface area contributed by atoms with E-state index >= 15 is 0 Å². The monoisotopic (exact) mass is 440 g/mol. The van der Waals surface area contributed by atoms with Crippen molar-refractivity contribution in [3.63, 3.8) is 0 Å². The predicted octanol–water partition coefficient (Wildman–Crippen LogP) is 4.50. The summed E-state index contributed by atoms with van der Waals surface area (Å²) < 4.78 is 0.957. The molecule has 0 unspecified atom stereocenters. The van der Waals surface area contributed by atoms with Crippen molar-refractivity contribution in [1.82, 2.24) is 9.97 Å². The summed E-state index contributed by atoms with van der Waals surface area (Å²) in [6.07, 6.45) is 4.50. The number of fused-ring (bicyclic) bond motifs is 1. The van der Waals surface area contributed by atoms with Crippen molar-refractivity contribution in [3.05, 3.63) is 65.4 Å². The van der Waals surface area contributed by atoms with Gasteiger partial charge < -0.3 is 15.7 Å². The van der Waals surface area contributed by atoms with Crippen LogP contribution in [0.2, 0.25) is 0 Å². The van der Waals surface area contributed by atoms with E-state index in [9.17, 15) is 9.59 Å². The highest BCUT2D eigenvalue weighted by atomic mass is 79.9. The van der Waals surface area contributed by atoms with E-state index in [0.29, 0.717) is 23.4 Å². The Morgan fingerprint density at radius 1 is 1.11 bits per heavy atom. The molecule has 1 aromatic heterocycles. The number of carboxylic acids is 1. The van der Waals surface area contributed by atoms with Crippen LogP contribution >= 0.6 is 15.9 Å². The molecule has 0 atom stereocenters. The molecular formula is C20H17BrN4O3. The lowest BCUT2D eigenvalue weighted by atomic mass is 10.2. The van der Waals surface area contributed by atoms with Crippen LogP contribution in [0.5, 0.6) is 0 Å². The molecule has 2 aromatic carbocycles. The van der Waals surface area contributed by atoms with E-state index < -0.39 is 5.97 Å². The van der Waals surface area contributed by atoms with Crippen LogP contribution in [0.1, 0.15) is 12.8 Å². The van der Waals surface area contributed by atoms with Crippen molar-refractivity contribution < 1.29 is 14.7 Å². The number of allylic oxidation sites excluding steroid dienone is 1. The zero-order chi connectivity index (χ0) is 19.9. The molecule has 1 amide bonds. The molecular weight excluding hydrogens is 424 g/mol. The lowest BCUT2D eigenvalue weighted by Gasteiger charge is -2.10. The number of carboxylic acid groups (broad SMARTS) is 1. The summed E-state index contributed by atoms with van der Waals surface area (Å²) in [7, 11) is 0. The van der Waals surface area contributed by atoms with Crippen LogP contribution in [-0.4, -0.2) is 27.0 Å². The fourth-order valence-corrected chi connectivity index (χ4v) is 2.96. The van der Waals surface area contributed by atoms with Gasteiger partial charge in [-0.2, -0.15) is 0 Å². The van der Waals surface area contributed by atoms with E-state index in [-0.39, 0.29) is 12.3 Å². The van der Waals surface area contributed by atoms with Gasteiger partial charge >= 0.3 is 5.97 Å². The Morgan fingerprint density at radius 2 is 1.96 bits per heavy atom. The van der Waals surface area contributed by atoms with Crippen molar-refractivity contribution in [2.45, 2.75) is 12.8 Å². The second-order valence-electron chi connectivity index (χ2n) is 5.92. The van der Waals surface area contributed by atoms with Gasteiger partial charge in [0.25, 0.3) is 0 Å². The van der Waals surface area contributed by atoms with Crippen molar-refractivity contribution in [2.75, 3.05) is 10.6 Å². The SMILES string of the molecule is O=C(O)C=CCCC(=O)Nc1ccc2c(Nc3cccc(Br)c3)ncnc2c1. The number of amides is 1. The molecule has 28 heavy (non-hydrogen) atoms. The lowest BCUT2D eigenvalue weighted by Crippen LogP contribution is -2.10. The number of carbonyl (C=O) groups excluding carboxylic acids is 1. The van der Waals surface area contributed by atoms with Gasteiger partial charge in [-0.3, -0.25) is 4.79 Å². The van der Waals surface area contributed by atoms with E-state index in [1.807, 2.05) is 30.3 Å². The average molecular weight is 441 g/mol. The summed E-state index contributed by atoms with van der Waals surface area (Å²) in [5.41, 5.74) is 2.20. The Labute approximate surface area is 169 Å². The number of nitrogens with zero attached hydrogens (tertiary/aromatic N) is 2. The number of halogens is 1. The number of nitrogens with one attached hydrogen (secondary N) is 2. The lowest BCUT2D eigenvalue weighted by molar-refractivity contribution is -0.131. The molecule has 3 rings (SSSR count). The van der Waals surface area contributed by atoms with E-state index in [1.54, 1.807) is 12.1 Å². The van der Waals surface area contributed by atoms with E-state index in [2.05, 4.69) is 36.5 Å². The fraction of sp³-hybridized carbons (Fsp3) is 0.100. The average Bonchev–Trinajstić information content (AvgIpc) is 2.65. The number of carbonyl (C=O) groups is 2. The molecule has 0 aliphatic rings.